The number of rotatable bonds is 3. The molecule has 0 aliphatic carbocycles. The molecule has 100 valence electrons. The summed E-state index contributed by atoms with van der Waals surface area (Å²) in [7, 11) is 0. The van der Waals surface area contributed by atoms with Gasteiger partial charge in [-0.2, -0.15) is 0 Å². The van der Waals surface area contributed by atoms with E-state index in [0.717, 1.165) is 6.07 Å². The maximum Gasteiger partial charge on any atom is 0.362 e. The quantitative estimate of drug-likeness (QED) is 0.805. The second-order valence-corrected chi connectivity index (χ2v) is 4.31. The van der Waals surface area contributed by atoms with E-state index < -0.39 is 11.8 Å². The molecular weight excluding hydrogens is 296 g/mol. The zero-order valence-corrected chi connectivity index (χ0v) is 11.3. The molecule has 4 nitrogen and oxygen atoms in total. The lowest BCUT2D eigenvalue weighted by Gasteiger charge is -1.99. The van der Waals surface area contributed by atoms with E-state index in [0.29, 0.717) is 5.56 Å². The first-order valence-corrected chi connectivity index (χ1v) is 6.08. The van der Waals surface area contributed by atoms with Crippen LogP contribution in [-0.4, -0.2) is 17.7 Å². The Kier molecular flexibility index (Phi) is 4.07. The molecular formula is C12H8Cl2FNO3. The highest BCUT2D eigenvalue weighted by Crippen LogP contribution is 2.32. The molecule has 1 aromatic carbocycles. The molecule has 2 aromatic rings. The first-order valence-electron chi connectivity index (χ1n) is 5.32. The van der Waals surface area contributed by atoms with E-state index in [4.69, 9.17) is 32.5 Å². The number of hydrogen-bond donors (Lipinski definition) is 0. The number of aromatic nitrogens is 1. The second-order valence-electron chi connectivity index (χ2n) is 3.52. The molecule has 7 heteroatoms. The Morgan fingerprint density at radius 2 is 2.21 bits per heavy atom. The lowest BCUT2D eigenvalue weighted by atomic mass is 10.1. The summed E-state index contributed by atoms with van der Waals surface area (Å²) in [5.41, 5.74) is 0.184. The molecule has 0 N–H and O–H groups in total. The Hall–Kier alpha value is -1.59. The van der Waals surface area contributed by atoms with Gasteiger partial charge in [-0.3, -0.25) is 0 Å². The van der Waals surface area contributed by atoms with Crippen molar-refractivity contribution in [1.29, 1.82) is 0 Å². The van der Waals surface area contributed by atoms with Gasteiger partial charge in [0, 0.05) is 5.56 Å². The number of hydrogen-bond acceptors (Lipinski definition) is 4. The van der Waals surface area contributed by atoms with Crippen molar-refractivity contribution < 1.29 is 18.4 Å². The molecule has 2 rings (SSSR count). The summed E-state index contributed by atoms with van der Waals surface area (Å²) < 4.78 is 23.1. The fraction of sp³-hybridized carbons (Fsp3) is 0.167. The van der Waals surface area contributed by atoms with Crippen molar-refractivity contribution in [3.05, 3.63) is 39.8 Å². The topological polar surface area (TPSA) is 52.3 Å². The Bertz CT molecular complexity index is 627. The number of nitrogens with zero attached hydrogens (tertiary/aromatic N) is 1. The van der Waals surface area contributed by atoms with Gasteiger partial charge >= 0.3 is 5.97 Å². The lowest BCUT2D eigenvalue weighted by molar-refractivity contribution is 0.0515. The summed E-state index contributed by atoms with van der Waals surface area (Å²) in [6.07, 6.45) is 0. The number of esters is 1. The van der Waals surface area contributed by atoms with Crippen LogP contribution in [0.3, 0.4) is 0 Å². The van der Waals surface area contributed by atoms with Crippen LogP contribution in [-0.2, 0) is 4.74 Å². The third-order valence-electron chi connectivity index (χ3n) is 2.29. The summed E-state index contributed by atoms with van der Waals surface area (Å²) in [4.78, 5) is 11.5. The van der Waals surface area contributed by atoms with Gasteiger partial charge in [-0.15, -0.1) is 0 Å². The van der Waals surface area contributed by atoms with Crippen molar-refractivity contribution in [1.82, 2.24) is 5.16 Å². The van der Waals surface area contributed by atoms with Gasteiger partial charge in [-0.25, -0.2) is 9.18 Å². The molecule has 0 atom stereocenters. The van der Waals surface area contributed by atoms with Gasteiger partial charge in [0.2, 0.25) is 5.69 Å². The predicted octanol–water partition coefficient (Wildman–Crippen LogP) is 3.96. The van der Waals surface area contributed by atoms with Gasteiger partial charge < -0.3 is 9.26 Å². The summed E-state index contributed by atoms with van der Waals surface area (Å²) in [5.74, 6) is -1.23. The number of carbonyl (C=O) groups excluding carboxylic acids is 1. The molecule has 0 radical (unpaired) electrons. The normalized spacial score (nSPS) is 10.5. The summed E-state index contributed by atoms with van der Waals surface area (Å²) in [6.45, 7) is 1.84. The molecule has 19 heavy (non-hydrogen) atoms. The predicted molar refractivity (Wildman–Crippen MR) is 67.9 cm³/mol. The van der Waals surface area contributed by atoms with Crippen molar-refractivity contribution in [2.45, 2.75) is 6.92 Å². The van der Waals surface area contributed by atoms with E-state index >= 15 is 0 Å². The highest BCUT2D eigenvalue weighted by Gasteiger charge is 2.23. The lowest BCUT2D eigenvalue weighted by Crippen LogP contribution is -2.05. The minimum absolute atomic E-state index is 0.0231. The van der Waals surface area contributed by atoms with E-state index in [-0.39, 0.29) is 28.1 Å². The standard InChI is InChI=1S/C12H8Cl2FNO3/c1-2-18-12(17)10-9(14)11(19-16-10)6-3-4-7(13)8(15)5-6/h3-5H,2H2,1H3. The molecule has 0 unspecified atom stereocenters. The number of benzene rings is 1. The van der Waals surface area contributed by atoms with E-state index in [1.165, 1.54) is 12.1 Å². The minimum Gasteiger partial charge on any atom is -0.461 e. The molecule has 0 aliphatic heterocycles. The second kappa shape index (κ2) is 5.59. The molecule has 0 amide bonds. The highest BCUT2D eigenvalue weighted by atomic mass is 35.5. The summed E-state index contributed by atoms with van der Waals surface area (Å²) >= 11 is 11.5. The monoisotopic (exact) mass is 303 g/mol. The zero-order valence-electron chi connectivity index (χ0n) is 9.75. The van der Waals surface area contributed by atoms with E-state index in [9.17, 15) is 9.18 Å². The minimum atomic E-state index is -0.697. The van der Waals surface area contributed by atoms with Crippen molar-refractivity contribution >= 4 is 29.2 Å². The Morgan fingerprint density at radius 1 is 1.47 bits per heavy atom. The van der Waals surface area contributed by atoms with Crippen molar-refractivity contribution in [2.24, 2.45) is 0 Å². The van der Waals surface area contributed by atoms with Crippen LogP contribution in [0.1, 0.15) is 17.4 Å². The van der Waals surface area contributed by atoms with Crippen LogP contribution in [0.15, 0.2) is 22.7 Å². The number of carbonyl (C=O) groups is 1. The fourth-order valence-corrected chi connectivity index (χ4v) is 1.79. The van der Waals surface area contributed by atoms with E-state index in [1.807, 2.05) is 0 Å². The number of halogens is 3. The van der Waals surface area contributed by atoms with Gasteiger partial charge in [0.1, 0.15) is 10.8 Å². The van der Waals surface area contributed by atoms with Crippen LogP contribution in [0.4, 0.5) is 4.39 Å². The first kappa shape index (κ1) is 13.8. The maximum atomic E-state index is 13.4. The fourth-order valence-electron chi connectivity index (χ4n) is 1.42. The summed E-state index contributed by atoms with van der Waals surface area (Å²) in [6, 6.07) is 4.01. The van der Waals surface area contributed by atoms with Gasteiger partial charge in [0.25, 0.3) is 0 Å². The van der Waals surface area contributed by atoms with Crippen LogP contribution < -0.4 is 0 Å². The van der Waals surface area contributed by atoms with E-state index in [1.54, 1.807) is 6.92 Å². The zero-order chi connectivity index (χ0) is 14.0. The molecule has 0 fully saturated rings. The largest absolute Gasteiger partial charge is 0.461 e. The first-order chi connectivity index (χ1) is 9.04. The molecule has 1 heterocycles. The van der Waals surface area contributed by atoms with Crippen LogP contribution in [0, 0.1) is 5.82 Å². The van der Waals surface area contributed by atoms with Crippen LogP contribution >= 0.6 is 23.2 Å². The maximum absolute atomic E-state index is 13.4. The van der Waals surface area contributed by atoms with Gasteiger partial charge in [-0.05, 0) is 25.1 Å². The Labute approximate surface area is 118 Å². The highest BCUT2D eigenvalue weighted by molar-refractivity contribution is 6.35. The van der Waals surface area contributed by atoms with Crippen LogP contribution in [0.25, 0.3) is 11.3 Å². The van der Waals surface area contributed by atoms with Crippen LogP contribution in [0.2, 0.25) is 10.0 Å². The number of ether oxygens (including phenoxy) is 1. The molecule has 0 aliphatic rings. The van der Waals surface area contributed by atoms with E-state index in [2.05, 4.69) is 5.16 Å². The molecule has 0 bridgehead atoms. The average Bonchev–Trinajstić information content (AvgIpc) is 2.75. The van der Waals surface area contributed by atoms with Crippen molar-refractivity contribution in [3.8, 4) is 11.3 Å². The Balaban J connectivity index is 2.41. The van der Waals surface area contributed by atoms with Gasteiger partial charge in [-0.1, -0.05) is 28.4 Å². The summed E-state index contributed by atoms with van der Waals surface area (Å²) in [5, 5.41) is 3.48. The van der Waals surface area contributed by atoms with Crippen molar-refractivity contribution in [3.63, 3.8) is 0 Å². The van der Waals surface area contributed by atoms with Gasteiger partial charge in [0.15, 0.2) is 5.76 Å². The molecule has 0 saturated heterocycles. The Morgan fingerprint density at radius 3 is 2.84 bits per heavy atom. The molecule has 1 aromatic heterocycles. The van der Waals surface area contributed by atoms with Crippen LogP contribution in [0.5, 0.6) is 0 Å². The molecule has 0 saturated carbocycles. The average molecular weight is 304 g/mol. The third kappa shape index (κ3) is 2.72. The smallest absolute Gasteiger partial charge is 0.362 e. The van der Waals surface area contributed by atoms with Gasteiger partial charge in [0.05, 0.1) is 11.6 Å². The van der Waals surface area contributed by atoms with Crippen molar-refractivity contribution in [2.75, 3.05) is 6.61 Å². The SMILES string of the molecule is CCOC(=O)c1noc(-c2ccc(Cl)c(F)c2)c1Cl. The molecule has 0 spiro atoms. The third-order valence-corrected chi connectivity index (χ3v) is 2.94.